The van der Waals surface area contributed by atoms with E-state index in [-0.39, 0.29) is 18.4 Å². The van der Waals surface area contributed by atoms with E-state index in [0.717, 1.165) is 13.0 Å². The lowest BCUT2D eigenvalue weighted by molar-refractivity contribution is 0.0600. The van der Waals surface area contributed by atoms with Gasteiger partial charge in [0.05, 0.1) is 12.7 Å². The lowest BCUT2D eigenvalue weighted by Gasteiger charge is -2.28. The molecule has 2 rings (SSSR count). The first kappa shape index (κ1) is 12.0. The summed E-state index contributed by atoms with van der Waals surface area (Å²) in [5, 5.41) is 3.29. The molecule has 1 atom stereocenters. The first-order valence-electron chi connectivity index (χ1n) is 4.73. The van der Waals surface area contributed by atoms with Gasteiger partial charge in [-0.15, -0.1) is 12.4 Å². The molecule has 0 radical (unpaired) electrons. The fourth-order valence-corrected chi connectivity index (χ4v) is 1.57. The molecule has 0 bridgehead atoms. The second-order valence-electron chi connectivity index (χ2n) is 3.41. The lowest BCUT2D eigenvalue weighted by atomic mass is 9.96. The van der Waals surface area contributed by atoms with Crippen LogP contribution in [0.1, 0.15) is 28.4 Å². The summed E-state index contributed by atoms with van der Waals surface area (Å²) in [6, 6.07) is 8.00. The van der Waals surface area contributed by atoms with Crippen LogP contribution < -0.4 is 5.32 Å². The largest absolute Gasteiger partial charge is 0.465 e. The minimum atomic E-state index is -0.272. The number of hydrogen-bond acceptors (Lipinski definition) is 3. The van der Waals surface area contributed by atoms with E-state index in [1.165, 1.54) is 12.7 Å². The van der Waals surface area contributed by atoms with Crippen LogP contribution >= 0.6 is 12.4 Å². The molecule has 0 amide bonds. The van der Waals surface area contributed by atoms with Crippen LogP contribution in [-0.4, -0.2) is 19.6 Å². The third-order valence-corrected chi connectivity index (χ3v) is 2.53. The van der Waals surface area contributed by atoms with E-state index in [9.17, 15) is 4.79 Å². The molecule has 1 N–H and O–H groups in total. The van der Waals surface area contributed by atoms with E-state index >= 15 is 0 Å². The van der Waals surface area contributed by atoms with Crippen molar-refractivity contribution in [2.24, 2.45) is 0 Å². The van der Waals surface area contributed by atoms with Gasteiger partial charge in [0.2, 0.25) is 0 Å². The quantitative estimate of drug-likeness (QED) is 0.785. The molecule has 1 aromatic rings. The van der Waals surface area contributed by atoms with Gasteiger partial charge in [0.15, 0.2) is 0 Å². The zero-order valence-electron chi connectivity index (χ0n) is 8.53. The Balaban J connectivity index is 0.00000112. The number of hydrogen-bond donors (Lipinski definition) is 1. The van der Waals surface area contributed by atoms with Gasteiger partial charge in [0.1, 0.15) is 0 Å². The van der Waals surface area contributed by atoms with Gasteiger partial charge in [-0.25, -0.2) is 4.79 Å². The molecule has 15 heavy (non-hydrogen) atoms. The van der Waals surface area contributed by atoms with Crippen molar-refractivity contribution in [1.82, 2.24) is 5.32 Å². The number of methoxy groups -OCH3 is 1. The van der Waals surface area contributed by atoms with E-state index in [1.807, 2.05) is 18.2 Å². The number of carbonyl (C=O) groups excluding carboxylic acids is 1. The normalized spacial score (nSPS) is 18.6. The highest BCUT2D eigenvalue weighted by atomic mass is 35.5. The summed E-state index contributed by atoms with van der Waals surface area (Å²) < 4.78 is 4.66. The Morgan fingerprint density at radius 3 is 2.80 bits per heavy atom. The van der Waals surface area contributed by atoms with Crippen LogP contribution in [0.5, 0.6) is 0 Å². The standard InChI is InChI=1S/C11H13NO2.ClH/c1-14-11(13)9-4-2-3-8(7-9)10-5-6-12-10;/h2-4,7,10,12H,5-6H2,1H3;1H/t10-;/m0./s1. The molecule has 1 saturated heterocycles. The highest BCUT2D eigenvalue weighted by molar-refractivity contribution is 5.89. The van der Waals surface area contributed by atoms with Crippen LogP contribution in [0.15, 0.2) is 24.3 Å². The molecule has 1 heterocycles. The highest BCUT2D eigenvalue weighted by Gasteiger charge is 2.19. The minimum absolute atomic E-state index is 0. The predicted molar refractivity (Wildman–Crippen MR) is 60.4 cm³/mol. The average Bonchev–Trinajstić information content (AvgIpc) is 2.14. The van der Waals surface area contributed by atoms with Crippen molar-refractivity contribution < 1.29 is 9.53 Å². The van der Waals surface area contributed by atoms with Crippen LogP contribution in [0.4, 0.5) is 0 Å². The SMILES string of the molecule is COC(=O)c1cccc([C@@H]2CCN2)c1.Cl. The molecule has 0 aromatic heterocycles. The minimum Gasteiger partial charge on any atom is -0.465 e. The van der Waals surface area contributed by atoms with Gasteiger partial charge in [-0.2, -0.15) is 0 Å². The number of halogens is 1. The maximum atomic E-state index is 11.3. The summed E-state index contributed by atoms with van der Waals surface area (Å²) in [7, 11) is 1.40. The Hall–Kier alpha value is -1.06. The molecule has 0 saturated carbocycles. The smallest absolute Gasteiger partial charge is 0.337 e. The van der Waals surface area contributed by atoms with E-state index in [2.05, 4.69) is 10.1 Å². The van der Waals surface area contributed by atoms with E-state index in [0.29, 0.717) is 11.6 Å². The van der Waals surface area contributed by atoms with Crippen molar-refractivity contribution in [2.75, 3.05) is 13.7 Å². The summed E-state index contributed by atoms with van der Waals surface area (Å²) >= 11 is 0. The van der Waals surface area contributed by atoms with Crippen LogP contribution in [0.25, 0.3) is 0 Å². The number of carbonyl (C=O) groups is 1. The van der Waals surface area contributed by atoms with Gasteiger partial charge in [-0.3, -0.25) is 0 Å². The molecule has 0 aliphatic carbocycles. The first-order valence-corrected chi connectivity index (χ1v) is 4.73. The Morgan fingerprint density at radius 2 is 2.27 bits per heavy atom. The lowest BCUT2D eigenvalue weighted by Crippen LogP contribution is -2.34. The monoisotopic (exact) mass is 227 g/mol. The van der Waals surface area contributed by atoms with Crippen LogP contribution in [0.3, 0.4) is 0 Å². The summed E-state index contributed by atoms with van der Waals surface area (Å²) in [4.78, 5) is 11.3. The Bertz CT molecular complexity index is 350. The summed E-state index contributed by atoms with van der Waals surface area (Å²) in [5.41, 5.74) is 1.79. The van der Waals surface area contributed by atoms with Crippen LogP contribution in [0.2, 0.25) is 0 Å². The predicted octanol–water partition coefficient (Wildman–Crippen LogP) is 1.93. The zero-order valence-corrected chi connectivity index (χ0v) is 9.34. The van der Waals surface area contributed by atoms with Crippen molar-refractivity contribution >= 4 is 18.4 Å². The van der Waals surface area contributed by atoms with Crippen LogP contribution in [-0.2, 0) is 4.74 Å². The van der Waals surface area contributed by atoms with Crippen molar-refractivity contribution in [3.8, 4) is 0 Å². The van der Waals surface area contributed by atoms with E-state index in [4.69, 9.17) is 0 Å². The number of benzene rings is 1. The van der Waals surface area contributed by atoms with Gasteiger partial charge < -0.3 is 10.1 Å². The summed E-state index contributed by atoms with van der Waals surface area (Å²) in [5.74, 6) is -0.272. The second kappa shape index (κ2) is 5.14. The third kappa shape index (κ3) is 2.49. The number of esters is 1. The molecule has 82 valence electrons. The molecule has 1 aliphatic rings. The molecular weight excluding hydrogens is 214 g/mol. The Kier molecular flexibility index (Phi) is 4.12. The number of rotatable bonds is 2. The van der Waals surface area contributed by atoms with Crippen molar-refractivity contribution in [1.29, 1.82) is 0 Å². The molecular formula is C11H14ClNO2. The van der Waals surface area contributed by atoms with Crippen molar-refractivity contribution in [3.63, 3.8) is 0 Å². The third-order valence-electron chi connectivity index (χ3n) is 2.53. The fourth-order valence-electron chi connectivity index (χ4n) is 1.57. The topological polar surface area (TPSA) is 38.3 Å². The Labute approximate surface area is 95.2 Å². The van der Waals surface area contributed by atoms with E-state index in [1.54, 1.807) is 6.07 Å². The van der Waals surface area contributed by atoms with Gasteiger partial charge in [0, 0.05) is 6.04 Å². The highest BCUT2D eigenvalue weighted by Crippen LogP contribution is 2.23. The molecule has 1 aliphatic heterocycles. The summed E-state index contributed by atoms with van der Waals surface area (Å²) in [6.45, 7) is 1.06. The molecule has 0 unspecified atom stereocenters. The van der Waals surface area contributed by atoms with Gasteiger partial charge >= 0.3 is 5.97 Å². The van der Waals surface area contributed by atoms with Gasteiger partial charge in [-0.05, 0) is 30.7 Å². The fraction of sp³-hybridized carbons (Fsp3) is 0.364. The molecule has 3 nitrogen and oxygen atoms in total. The molecule has 4 heteroatoms. The van der Waals surface area contributed by atoms with Crippen LogP contribution in [0, 0.1) is 0 Å². The number of nitrogens with one attached hydrogen (secondary N) is 1. The molecule has 1 fully saturated rings. The Morgan fingerprint density at radius 1 is 1.53 bits per heavy atom. The van der Waals surface area contributed by atoms with Crippen molar-refractivity contribution in [3.05, 3.63) is 35.4 Å². The maximum absolute atomic E-state index is 11.3. The first-order chi connectivity index (χ1) is 6.81. The van der Waals surface area contributed by atoms with Gasteiger partial charge in [-0.1, -0.05) is 12.1 Å². The maximum Gasteiger partial charge on any atom is 0.337 e. The molecule has 0 spiro atoms. The second-order valence-corrected chi connectivity index (χ2v) is 3.41. The summed E-state index contributed by atoms with van der Waals surface area (Å²) in [6.07, 6.45) is 1.14. The molecule has 1 aromatic carbocycles. The van der Waals surface area contributed by atoms with E-state index < -0.39 is 0 Å². The van der Waals surface area contributed by atoms with Crippen molar-refractivity contribution in [2.45, 2.75) is 12.5 Å². The number of ether oxygens (including phenoxy) is 1. The zero-order chi connectivity index (χ0) is 9.97. The van der Waals surface area contributed by atoms with Gasteiger partial charge in [0.25, 0.3) is 0 Å². The average molecular weight is 228 g/mol.